The van der Waals surface area contributed by atoms with Crippen LogP contribution in [-0.2, 0) is 6.54 Å². The largest absolute Gasteiger partial charge is 0.492 e. The number of halogens is 1. The topological polar surface area (TPSA) is 24.5 Å². The lowest BCUT2D eigenvalue weighted by Gasteiger charge is -2.25. The monoisotopic (exact) mass is 282 g/mol. The third-order valence-electron chi connectivity index (χ3n) is 3.65. The Morgan fingerprint density at radius 3 is 3.05 bits per heavy atom. The van der Waals surface area contributed by atoms with Crippen LogP contribution in [0.4, 0.5) is 0 Å². The molecule has 4 heteroatoms. The van der Waals surface area contributed by atoms with Gasteiger partial charge in [-0.2, -0.15) is 0 Å². The number of rotatable bonds is 6. The van der Waals surface area contributed by atoms with Crippen LogP contribution in [0.1, 0.15) is 25.3 Å². The molecule has 0 bridgehead atoms. The summed E-state index contributed by atoms with van der Waals surface area (Å²) in [4.78, 5) is 2.52. The number of hydrogen-bond donors (Lipinski definition) is 1. The molecule has 19 heavy (non-hydrogen) atoms. The fraction of sp³-hybridized carbons (Fsp3) is 0.600. The van der Waals surface area contributed by atoms with Crippen LogP contribution in [0.5, 0.6) is 5.75 Å². The second kappa shape index (κ2) is 7.13. The van der Waals surface area contributed by atoms with E-state index in [9.17, 15) is 0 Å². The molecule has 2 rings (SSSR count). The predicted octanol–water partition coefficient (Wildman–Crippen LogP) is 2.92. The molecule has 3 nitrogen and oxygen atoms in total. The molecule has 1 aliphatic rings. The van der Waals surface area contributed by atoms with Gasteiger partial charge < -0.3 is 10.1 Å². The normalized spacial score (nSPS) is 19.8. The predicted molar refractivity (Wildman–Crippen MR) is 80.0 cm³/mol. The van der Waals surface area contributed by atoms with Crippen LogP contribution in [0.15, 0.2) is 18.2 Å². The average molecular weight is 283 g/mol. The van der Waals surface area contributed by atoms with Gasteiger partial charge in [0.25, 0.3) is 0 Å². The molecule has 0 saturated carbocycles. The van der Waals surface area contributed by atoms with Crippen LogP contribution in [0, 0.1) is 0 Å². The van der Waals surface area contributed by atoms with Gasteiger partial charge in [-0.3, -0.25) is 4.90 Å². The van der Waals surface area contributed by atoms with Crippen molar-refractivity contribution in [3.63, 3.8) is 0 Å². The molecule has 1 aliphatic heterocycles. The molecule has 1 N–H and O–H groups in total. The van der Waals surface area contributed by atoms with Crippen LogP contribution < -0.4 is 10.1 Å². The van der Waals surface area contributed by atoms with Crippen molar-refractivity contribution in [3.05, 3.63) is 28.8 Å². The van der Waals surface area contributed by atoms with Crippen LogP contribution >= 0.6 is 11.6 Å². The van der Waals surface area contributed by atoms with Crippen molar-refractivity contribution in [3.8, 4) is 5.75 Å². The number of hydrogen-bond acceptors (Lipinski definition) is 3. The van der Waals surface area contributed by atoms with E-state index >= 15 is 0 Å². The Hall–Kier alpha value is -0.770. The minimum Gasteiger partial charge on any atom is -0.492 e. The molecule has 106 valence electrons. The second-order valence-corrected chi connectivity index (χ2v) is 5.39. The summed E-state index contributed by atoms with van der Waals surface area (Å²) in [6, 6.07) is 6.64. The summed E-state index contributed by atoms with van der Waals surface area (Å²) in [5, 5.41) is 3.99. The number of nitrogens with zero attached hydrogens (tertiary/aromatic N) is 1. The molecule has 1 atom stereocenters. The van der Waals surface area contributed by atoms with E-state index in [1.54, 1.807) is 0 Å². The minimum absolute atomic E-state index is 0.624. The maximum Gasteiger partial charge on any atom is 0.142 e. The molecule has 0 spiro atoms. The van der Waals surface area contributed by atoms with E-state index in [0.717, 1.165) is 25.4 Å². The van der Waals surface area contributed by atoms with E-state index in [4.69, 9.17) is 16.3 Å². The zero-order valence-corrected chi connectivity index (χ0v) is 12.5. The first kappa shape index (κ1) is 14.6. The third kappa shape index (κ3) is 3.62. The second-order valence-electron chi connectivity index (χ2n) is 4.99. The first-order valence-corrected chi connectivity index (χ1v) is 7.43. The maximum atomic E-state index is 6.24. The number of nitrogens with one attached hydrogen (secondary N) is 1. The van der Waals surface area contributed by atoms with Gasteiger partial charge in [0.1, 0.15) is 5.75 Å². The van der Waals surface area contributed by atoms with Crippen molar-refractivity contribution in [2.75, 3.05) is 26.7 Å². The SMILES string of the molecule is CCOc1c(Cl)cccc1CN1CCCC1CNC. The molecule has 1 unspecified atom stereocenters. The first-order valence-electron chi connectivity index (χ1n) is 7.05. The summed E-state index contributed by atoms with van der Waals surface area (Å²) >= 11 is 6.24. The zero-order chi connectivity index (χ0) is 13.7. The molecular weight excluding hydrogens is 260 g/mol. The van der Waals surface area contributed by atoms with Crippen LogP contribution in [-0.4, -0.2) is 37.7 Å². The summed E-state index contributed by atoms with van der Waals surface area (Å²) in [6.45, 7) is 5.76. The van der Waals surface area contributed by atoms with Gasteiger partial charge in [-0.1, -0.05) is 23.7 Å². The maximum absolute atomic E-state index is 6.24. The Balaban J connectivity index is 2.11. The van der Waals surface area contributed by atoms with Gasteiger partial charge in [-0.25, -0.2) is 0 Å². The highest BCUT2D eigenvalue weighted by Crippen LogP contribution is 2.31. The molecule has 0 amide bonds. The van der Waals surface area contributed by atoms with Gasteiger partial charge in [0.15, 0.2) is 0 Å². The summed E-state index contributed by atoms with van der Waals surface area (Å²) in [5.74, 6) is 0.849. The molecule has 1 heterocycles. The minimum atomic E-state index is 0.624. The number of benzene rings is 1. The molecule has 1 fully saturated rings. The highest BCUT2D eigenvalue weighted by molar-refractivity contribution is 6.32. The highest BCUT2D eigenvalue weighted by atomic mass is 35.5. The highest BCUT2D eigenvalue weighted by Gasteiger charge is 2.24. The molecule has 0 aromatic heterocycles. The number of para-hydroxylation sites is 1. The third-order valence-corrected chi connectivity index (χ3v) is 3.95. The van der Waals surface area contributed by atoms with Crippen molar-refractivity contribution < 1.29 is 4.74 Å². The standard InChI is InChI=1S/C15H23ClN2O/c1-3-19-15-12(6-4-8-14(15)16)11-18-9-5-7-13(18)10-17-2/h4,6,8,13,17H,3,5,7,9-11H2,1-2H3. The van der Waals surface area contributed by atoms with Gasteiger partial charge in [-0.05, 0) is 39.4 Å². The average Bonchev–Trinajstić information content (AvgIpc) is 2.82. The van der Waals surface area contributed by atoms with Crippen molar-refractivity contribution in [2.45, 2.75) is 32.4 Å². The Labute approximate surface area is 120 Å². The lowest BCUT2D eigenvalue weighted by atomic mass is 10.1. The van der Waals surface area contributed by atoms with Crippen LogP contribution in [0.25, 0.3) is 0 Å². The molecule has 1 saturated heterocycles. The Bertz CT molecular complexity index is 411. The van der Waals surface area contributed by atoms with Crippen LogP contribution in [0.2, 0.25) is 5.02 Å². The van der Waals surface area contributed by atoms with Gasteiger partial charge in [0.05, 0.1) is 11.6 Å². The van der Waals surface area contributed by atoms with E-state index in [0.29, 0.717) is 17.7 Å². The number of likely N-dealkylation sites (N-methyl/N-ethyl adjacent to an activating group) is 1. The van der Waals surface area contributed by atoms with Gasteiger partial charge in [0.2, 0.25) is 0 Å². The van der Waals surface area contributed by atoms with E-state index in [1.807, 2.05) is 26.1 Å². The van der Waals surface area contributed by atoms with Crippen molar-refractivity contribution in [2.24, 2.45) is 0 Å². The quantitative estimate of drug-likeness (QED) is 0.868. The molecule has 1 aromatic carbocycles. The molecule has 0 aliphatic carbocycles. The van der Waals surface area contributed by atoms with Crippen LogP contribution in [0.3, 0.4) is 0 Å². The number of ether oxygens (including phenoxy) is 1. The van der Waals surface area contributed by atoms with E-state index in [-0.39, 0.29) is 0 Å². The van der Waals surface area contributed by atoms with Crippen molar-refractivity contribution >= 4 is 11.6 Å². The van der Waals surface area contributed by atoms with Gasteiger partial charge in [-0.15, -0.1) is 0 Å². The Morgan fingerprint density at radius 2 is 2.32 bits per heavy atom. The summed E-state index contributed by atoms with van der Waals surface area (Å²) in [5.41, 5.74) is 1.19. The first-order chi connectivity index (χ1) is 9.26. The van der Waals surface area contributed by atoms with E-state index in [1.165, 1.54) is 18.4 Å². The van der Waals surface area contributed by atoms with E-state index in [2.05, 4.69) is 16.3 Å². The summed E-state index contributed by atoms with van der Waals surface area (Å²) in [6.07, 6.45) is 2.54. The van der Waals surface area contributed by atoms with E-state index < -0.39 is 0 Å². The fourth-order valence-electron chi connectivity index (χ4n) is 2.77. The lowest BCUT2D eigenvalue weighted by Crippen LogP contribution is -2.36. The summed E-state index contributed by atoms with van der Waals surface area (Å²) < 4.78 is 5.70. The number of likely N-dealkylation sites (tertiary alicyclic amines) is 1. The summed E-state index contributed by atoms with van der Waals surface area (Å²) in [7, 11) is 2.02. The smallest absolute Gasteiger partial charge is 0.142 e. The molecule has 0 radical (unpaired) electrons. The fourth-order valence-corrected chi connectivity index (χ4v) is 3.02. The zero-order valence-electron chi connectivity index (χ0n) is 11.8. The Kier molecular flexibility index (Phi) is 5.49. The van der Waals surface area contributed by atoms with Crippen molar-refractivity contribution in [1.82, 2.24) is 10.2 Å². The molecule has 1 aromatic rings. The lowest BCUT2D eigenvalue weighted by molar-refractivity contribution is 0.236. The van der Waals surface area contributed by atoms with Crippen molar-refractivity contribution in [1.29, 1.82) is 0 Å². The molecular formula is C15H23ClN2O. The van der Waals surface area contributed by atoms with Gasteiger partial charge >= 0.3 is 0 Å². The van der Waals surface area contributed by atoms with Gasteiger partial charge in [0, 0.05) is 24.7 Å². The Morgan fingerprint density at radius 1 is 1.47 bits per heavy atom.